The smallest absolute Gasteiger partial charge is 0.330 e. The summed E-state index contributed by atoms with van der Waals surface area (Å²) in [5.74, 6) is -0.514. The largest absolute Gasteiger partial charge is 0.466 e. The molecule has 0 spiro atoms. The Morgan fingerprint density at radius 3 is 2.81 bits per heavy atom. The van der Waals surface area contributed by atoms with Gasteiger partial charge in [0.2, 0.25) is 0 Å². The normalized spacial score (nSPS) is 25.3. The summed E-state index contributed by atoms with van der Waals surface area (Å²) in [7, 11) is 1.28. The van der Waals surface area contributed by atoms with Crippen LogP contribution in [-0.4, -0.2) is 36.1 Å². The predicted molar refractivity (Wildman–Crippen MR) is 75.1 cm³/mol. The van der Waals surface area contributed by atoms with E-state index >= 15 is 0 Å². The van der Waals surface area contributed by atoms with Crippen molar-refractivity contribution in [2.45, 2.75) is 18.8 Å². The number of benzene rings is 1. The van der Waals surface area contributed by atoms with Crippen LogP contribution >= 0.6 is 0 Å². The molecule has 1 fully saturated rings. The minimum atomic E-state index is -1.83. The minimum absolute atomic E-state index is 0.205. The van der Waals surface area contributed by atoms with Crippen molar-refractivity contribution in [2.75, 3.05) is 13.7 Å². The Morgan fingerprint density at radius 2 is 2.10 bits per heavy atom. The van der Waals surface area contributed by atoms with Crippen molar-refractivity contribution in [1.29, 1.82) is 0 Å². The second kappa shape index (κ2) is 8.04. The molecule has 0 N–H and O–H groups in total. The first kappa shape index (κ1) is 15.8. The molecule has 6 nitrogen and oxygen atoms in total. The average molecular weight is 312 g/mol. The Hall–Kier alpha value is -1.54. The van der Waals surface area contributed by atoms with Gasteiger partial charge in [-0.1, -0.05) is 30.3 Å². The molecule has 3 atom stereocenters. The van der Waals surface area contributed by atoms with E-state index in [1.165, 1.54) is 19.3 Å². The van der Waals surface area contributed by atoms with Crippen molar-refractivity contribution in [3.8, 4) is 0 Å². The van der Waals surface area contributed by atoms with Gasteiger partial charge >= 0.3 is 17.3 Å². The molecule has 0 saturated carbocycles. The van der Waals surface area contributed by atoms with Crippen LogP contribution in [0.1, 0.15) is 5.56 Å². The van der Waals surface area contributed by atoms with Crippen LogP contribution in [0.3, 0.4) is 0 Å². The van der Waals surface area contributed by atoms with Gasteiger partial charge in [0.15, 0.2) is 0 Å². The van der Waals surface area contributed by atoms with Gasteiger partial charge in [-0.05, 0) is 11.6 Å². The molecule has 114 valence electrons. The van der Waals surface area contributed by atoms with Gasteiger partial charge in [-0.3, -0.25) is 8.37 Å². The third-order valence-corrected chi connectivity index (χ3v) is 3.56. The van der Waals surface area contributed by atoms with E-state index in [0.717, 1.165) is 5.56 Å². The Bertz CT molecular complexity index is 515. The molecule has 21 heavy (non-hydrogen) atoms. The van der Waals surface area contributed by atoms with Gasteiger partial charge < -0.3 is 9.47 Å². The van der Waals surface area contributed by atoms with E-state index in [0.29, 0.717) is 6.61 Å². The first-order valence-corrected chi connectivity index (χ1v) is 7.33. The molecule has 1 aliphatic heterocycles. The highest BCUT2D eigenvalue weighted by atomic mass is 32.2. The molecular formula is C14H16O6S. The second-order valence-electron chi connectivity index (χ2n) is 4.28. The van der Waals surface area contributed by atoms with Crippen molar-refractivity contribution in [2.24, 2.45) is 0 Å². The molecule has 2 rings (SSSR count). The first-order chi connectivity index (χ1) is 10.2. The van der Waals surface area contributed by atoms with Crippen LogP contribution in [-0.2, 0) is 40.6 Å². The summed E-state index contributed by atoms with van der Waals surface area (Å²) < 4.78 is 31.4. The molecule has 1 unspecified atom stereocenters. The second-order valence-corrected chi connectivity index (χ2v) is 5.08. The van der Waals surface area contributed by atoms with Crippen LogP contribution in [0, 0.1) is 0 Å². The number of carbonyl (C=O) groups excluding carboxylic acids is 1. The van der Waals surface area contributed by atoms with Crippen molar-refractivity contribution >= 4 is 17.3 Å². The Balaban J connectivity index is 1.84. The number of rotatable bonds is 6. The fraction of sp³-hybridized carbons (Fsp3) is 0.357. The van der Waals surface area contributed by atoms with Crippen LogP contribution in [0.4, 0.5) is 0 Å². The topological polar surface area (TPSA) is 71.1 Å². The Labute approximate surface area is 125 Å². The molecule has 0 aliphatic carbocycles. The highest BCUT2D eigenvalue weighted by molar-refractivity contribution is 7.75. The van der Waals surface area contributed by atoms with E-state index in [-0.39, 0.29) is 6.61 Å². The van der Waals surface area contributed by atoms with Gasteiger partial charge in [0.05, 0.1) is 20.3 Å². The van der Waals surface area contributed by atoms with E-state index in [1.54, 1.807) is 0 Å². The van der Waals surface area contributed by atoms with E-state index in [4.69, 9.17) is 13.1 Å². The highest BCUT2D eigenvalue weighted by Gasteiger charge is 2.33. The van der Waals surface area contributed by atoms with Crippen molar-refractivity contribution in [1.82, 2.24) is 0 Å². The molecular weight excluding hydrogens is 296 g/mol. The standard InChI is InChI=1S/C14H16O6S/c1-17-14(15)8-7-12-13(20-21(16)19-12)10-18-9-11-5-3-2-4-6-11/h2-8,12-13H,9-10H2,1H3/b8-7+/t12-,13+,21?/m0/s1. The summed E-state index contributed by atoms with van der Waals surface area (Å²) in [4.78, 5) is 11.0. The summed E-state index contributed by atoms with van der Waals surface area (Å²) in [6.07, 6.45) is 1.52. The maximum Gasteiger partial charge on any atom is 0.330 e. The van der Waals surface area contributed by atoms with Gasteiger partial charge in [0.1, 0.15) is 12.2 Å². The lowest BCUT2D eigenvalue weighted by Gasteiger charge is -2.12. The number of esters is 1. The van der Waals surface area contributed by atoms with Gasteiger partial charge in [0, 0.05) is 6.08 Å². The number of carbonyl (C=O) groups is 1. The van der Waals surface area contributed by atoms with E-state index in [2.05, 4.69) is 4.74 Å². The SMILES string of the molecule is COC(=O)/C=C/[C@@H]1OS(=O)O[C@@H]1COCc1ccccc1. The summed E-state index contributed by atoms with van der Waals surface area (Å²) in [6.45, 7) is 0.623. The monoisotopic (exact) mass is 312 g/mol. The summed E-state index contributed by atoms with van der Waals surface area (Å²) >= 11 is -1.83. The van der Waals surface area contributed by atoms with Gasteiger partial charge in [-0.15, -0.1) is 0 Å². The van der Waals surface area contributed by atoms with Gasteiger partial charge in [0.25, 0.3) is 0 Å². The van der Waals surface area contributed by atoms with Crippen LogP contribution in [0.5, 0.6) is 0 Å². The minimum Gasteiger partial charge on any atom is -0.466 e. The molecule has 0 bridgehead atoms. The zero-order chi connectivity index (χ0) is 15.1. The average Bonchev–Trinajstić information content (AvgIpc) is 2.86. The molecule has 1 saturated heterocycles. The van der Waals surface area contributed by atoms with E-state index < -0.39 is 29.5 Å². The molecule has 1 heterocycles. The van der Waals surface area contributed by atoms with E-state index in [9.17, 15) is 9.00 Å². The Morgan fingerprint density at radius 1 is 1.33 bits per heavy atom. The number of ether oxygens (including phenoxy) is 2. The van der Waals surface area contributed by atoms with Crippen molar-refractivity contribution < 1.29 is 26.8 Å². The van der Waals surface area contributed by atoms with Crippen LogP contribution < -0.4 is 0 Å². The molecule has 0 aromatic heterocycles. The maximum atomic E-state index is 11.3. The quantitative estimate of drug-likeness (QED) is 0.582. The fourth-order valence-corrected chi connectivity index (χ4v) is 2.50. The summed E-state index contributed by atoms with van der Waals surface area (Å²) in [6, 6.07) is 9.65. The lowest BCUT2D eigenvalue weighted by atomic mass is 10.2. The highest BCUT2D eigenvalue weighted by Crippen LogP contribution is 2.19. The Kier molecular flexibility index (Phi) is 6.06. The predicted octanol–water partition coefficient (Wildman–Crippen LogP) is 1.30. The molecule has 0 radical (unpaired) electrons. The number of hydrogen-bond acceptors (Lipinski definition) is 6. The zero-order valence-electron chi connectivity index (χ0n) is 11.5. The molecule has 1 aliphatic rings. The maximum absolute atomic E-state index is 11.3. The molecule has 1 aromatic carbocycles. The van der Waals surface area contributed by atoms with Crippen LogP contribution in [0.15, 0.2) is 42.5 Å². The zero-order valence-corrected chi connectivity index (χ0v) is 12.3. The number of hydrogen-bond donors (Lipinski definition) is 0. The summed E-state index contributed by atoms with van der Waals surface area (Å²) in [5.41, 5.74) is 1.03. The third-order valence-electron chi connectivity index (χ3n) is 2.78. The van der Waals surface area contributed by atoms with Crippen LogP contribution in [0.25, 0.3) is 0 Å². The molecule has 1 aromatic rings. The van der Waals surface area contributed by atoms with Crippen molar-refractivity contribution in [3.63, 3.8) is 0 Å². The van der Waals surface area contributed by atoms with Gasteiger partial charge in [-0.2, -0.15) is 4.21 Å². The van der Waals surface area contributed by atoms with Gasteiger partial charge in [-0.25, -0.2) is 4.79 Å². The third kappa shape index (κ3) is 5.05. The lowest BCUT2D eigenvalue weighted by molar-refractivity contribution is -0.134. The van der Waals surface area contributed by atoms with Crippen LogP contribution in [0.2, 0.25) is 0 Å². The first-order valence-electron chi connectivity index (χ1n) is 6.33. The summed E-state index contributed by atoms with van der Waals surface area (Å²) in [5, 5.41) is 0. The lowest BCUT2D eigenvalue weighted by Crippen LogP contribution is -2.26. The molecule has 7 heteroatoms. The fourth-order valence-electron chi connectivity index (χ4n) is 1.72. The molecule has 0 amide bonds. The van der Waals surface area contributed by atoms with Crippen molar-refractivity contribution in [3.05, 3.63) is 48.0 Å². The number of methoxy groups -OCH3 is 1. The van der Waals surface area contributed by atoms with E-state index in [1.807, 2.05) is 30.3 Å².